The molecule has 5 amide bonds. The van der Waals surface area contributed by atoms with Crippen LogP contribution in [-0.2, 0) is 0 Å². The molecule has 0 aliphatic carbocycles. The Kier molecular flexibility index (Phi) is 9.48. The zero-order valence-corrected chi connectivity index (χ0v) is 25.3. The molecule has 11 heteroatoms. The number of hydrogen-bond donors (Lipinski definition) is 4. The molecule has 4 aromatic carbocycles. The summed E-state index contributed by atoms with van der Waals surface area (Å²) in [5.41, 5.74) is 1.54. The molecule has 234 valence electrons. The molecule has 0 aromatic heterocycles. The lowest BCUT2D eigenvalue weighted by atomic mass is 9.99. The Balaban J connectivity index is 1.42. The van der Waals surface area contributed by atoms with Gasteiger partial charge in [0, 0.05) is 30.6 Å². The van der Waals surface area contributed by atoms with Crippen molar-refractivity contribution in [2.45, 2.75) is 26.0 Å². The normalized spacial score (nSPS) is 16.9. The molecule has 0 fully saturated rings. The molecule has 0 bridgehead atoms. The quantitative estimate of drug-likeness (QED) is 0.203. The van der Waals surface area contributed by atoms with Gasteiger partial charge in [0.05, 0.1) is 36.1 Å². The van der Waals surface area contributed by atoms with E-state index in [9.17, 15) is 23.9 Å². The fourth-order valence-corrected chi connectivity index (χ4v) is 5.27. The number of hydrogen-bond acceptors (Lipinski definition) is 5. The molecule has 0 saturated heterocycles. The Hall–Kier alpha value is -5.16. The lowest BCUT2D eigenvalue weighted by Gasteiger charge is -2.38. The Morgan fingerprint density at radius 3 is 2.40 bits per heavy atom. The topological polar surface area (TPSA) is 123 Å². The maximum Gasteiger partial charge on any atom is 0.323 e. The van der Waals surface area contributed by atoms with E-state index in [1.54, 1.807) is 43.1 Å². The molecular weight excluding hydrogens is 577 g/mol. The molecule has 0 spiro atoms. The van der Waals surface area contributed by atoms with Gasteiger partial charge in [-0.25, -0.2) is 14.0 Å². The molecular formula is C34H36FN5O5. The van der Waals surface area contributed by atoms with Crippen LogP contribution in [0.15, 0.2) is 84.9 Å². The van der Waals surface area contributed by atoms with Gasteiger partial charge in [-0.2, -0.15) is 0 Å². The van der Waals surface area contributed by atoms with Crippen molar-refractivity contribution in [1.29, 1.82) is 0 Å². The van der Waals surface area contributed by atoms with Gasteiger partial charge in [0.1, 0.15) is 11.9 Å². The largest absolute Gasteiger partial charge is 0.485 e. The highest BCUT2D eigenvalue weighted by Crippen LogP contribution is 2.35. The second-order valence-electron chi connectivity index (χ2n) is 11.2. The van der Waals surface area contributed by atoms with Crippen LogP contribution in [0.2, 0.25) is 0 Å². The first-order valence-electron chi connectivity index (χ1n) is 14.7. The number of nitrogens with one attached hydrogen (secondary N) is 3. The van der Waals surface area contributed by atoms with E-state index in [0.717, 1.165) is 10.8 Å². The average Bonchev–Trinajstić information content (AvgIpc) is 3.03. The average molecular weight is 614 g/mol. The number of fused-ring (bicyclic) bond motifs is 2. The van der Waals surface area contributed by atoms with Crippen molar-refractivity contribution in [3.63, 3.8) is 0 Å². The van der Waals surface area contributed by atoms with E-state index in [1.807, 2.05) is 43.3 Å². The summed E-state index contributed by atoms with van der Waals surface area (Å²) in [7, 11) is 1.61. The molecule has 10 nitrogen and oxygen atoms in total. The second-order valence-corrected chi connectivity index (χ2v) is 11.2. The summed E-state index contributed by atoms with van der Waals surface area (Å²) in [6.45, 7) is 3.79. The molecule has 0 saturated carbocycles. The molecule has 45 heavy (non-hydrogen) atoms. The zero-order chi connectivity index (χ0) is 32.1. The van der Waals surface area contributed by atoms with Gasteiger partial charge >= 0.3 is 12.1 Å². The second kappa shape index (κ2) is 13.6. The van der Waals surface area contributed by atoms with E-state index in [-0.39, 0.29) is 48.5 Å². The molecule has 5 rings (SSSR count). The van der Waals surface area contributed by atoms with Gasteiger partial charge in [-0.15, -0.1) is 0 Å². The van der Waals surface area contributed by atoms with E-state index in [2.05, 4.69) is 16.0 Å². The van der Waals surface area contributed by atoms with E-state index in [0.29, 0.717) is 11.4 Å². The van der Waals surface area contributed by atoms with Crippen LogP contribution in [0.1, 0.15) is 24.2 Å². The minimum absolute atomic E-state index is 0.125. The highest BCUT2D eigenvalue weighted by Gasteiger charge is 2.35. The lowest BCUT2D eigenvalue weighted by Crippen LogP contribution is -2.50. The monoisotopic (exact) mass is 613 g/mol. The first-order valence-corrected chi connectivity index (χ1v) is 14.7. The number of urea groups is 2. The van der Waals surface area contributed by atoms with Gasteiger partial charge in [-0.05, 0) is 54.8 Å². The van der Waals surface area contributed by atoms with Crippen LogP contribution in [-0.4, -0.2) is 71.8 Å². The van der Waals surface area contributed by atoms with Crippen molar-refractivity contribution in [2.24, 2.45) is 5.92 Å². The fourth-order valence-electron chi connectivity index (χ4n) is 5.27. The van der Waals surface area contributed by atoms with Gasteiger partial charge in [0.15, 0.2) is 5.75 Å². The maximum absolute atomic E-state index is 13.8. The summed E-state index contributed by atoms with van der Waals surface area (Å²) < 4.78 is 19.8. The minimum Gasteiger partial charge on any atom is -0.485 e. The summed E-state index contributed by atoms with van der Waals surface area (Å²) in [5.74, 6) is -0.884. The third kappa shape index (κ3) is 7.15. The van der Waals surface area contributed by atoms with Crippen molar-refractivity contribution in [3.8, 4) is 5.75 Å². The van der Waals surface area contributed by atoms with Gasteiger partial charge in [0.25, 0.3) is 5.91 Å². The van der Waals surface area contributed by atoms with Crippen molar-refractivity contribution in [3.05, 3.63) is 96.3 Å². The summed E-state index contributed by atoms with van der Waals surface area (Å²) in [6.07, 6.45) is -0.613. The molecule has 3 atom stereocenters. The Bertz CT molecular complexity index is 1690. The molecule has 1 aliphatic heterocycles. The van der Waals surface area contributed by atoms with Crippen molar-refractivity contribution >= 4 is 45.8 Å². The molecule has 1 heterocycles. The highest BCUT2D eigenvalue weighted by atomic mass is 19.1. The predicted molar refractivity (Wildman–Crippen MR) is 172 cm³/mol. The van der Waals surface area contributed by atoms with E-state index in [4.69, 9.17) is 4.74 Å². The number of ether oxygens (including phenoxy) is 1. The number of anilines is 3. The molecule has 1 aliphatic rings. The molecule has 0 radical (unpaired) electrons. The minimum atomic E-state index is -0.613. The maximum atomic E-state index is 13.8. The lowest BCUT2D eigenvalue weighted by molar-refractivity contribution is 0.0373. The third-order valence-electron chi connectivity index (χ3n) is 7.87. The number of carbonyl (C=O) groups is 3. The SMILES string of the molecule is C[C@H]1CN([C@@H](C)CO)C(=O)c2cccc(NC(=O)Nc3cccc4ccccc34)c2O[C@@H]1CN(C)C(=O)Nc1ccc(F)cc1. The number of aliphatic hydroxyl groups is 1. The smallest absolute Gasteiger partial charge is 0.323 e. The number of halogens is 1. The Morgan fingerprint density at radius 2 is 1.64 bits per heavy atom. The summed E-state index contributed by atoms with van der Waals surface area (Å²) >= 11 is 0. The first kappa shape index (κ1) is 31.3. The van der Waals surface area contributed by atoms with Crippen molar-refractivity contribution in [2.75, 3.05) is 42.7 Å². The zero-order valence-electron chi connectivity index (χ0n) is 25.3. The van der Waals surface area contributed by atoms with Crippen molar-refractivity contribution < 1.29 is 28.6 Å². The first-order chi connectivity index (χ1) is 21.6. The number of amides is 5. The summed E-state index contributed by atoms with van der Waals surface area (Å²) in [4.78, 5) is 43.1. The van der Waals surface area contributed by atoms with Gasteiger partial charge in [-0.1, -0.05) is 49.4 Å². The number of rotatable bonds is 7. The van der Waals surface area contributed by atoms with Crippen LogP contribution < -0.4 is 20.7 Å². The van der Waals surface area contributed by atoms with Crippen LogP contribution >= 0.6 is 0 Å². The summed E-state index contributed by atoms with van der Waals surface area (Å²) in [6, 6.07) is 22.2. The predicted octanol–water partition coefficient (Wildman–Crippen LogP) is 6.01. The van der Waals surface area contributed by atoms with Gasteiger partial charge in [0.2, 0.25) is 0 Å². The van der Waals surface area contributed by atoms with Crippen molar-refractivity contribution in [1.82, 2.24) is 9.80 Å². The fraction of sp³-hybridized carbons (Fsp3) is 0.265. The van der Waals surface area contributed by atoms with E-state index < -0.39 is 30.0 Å². The van der Waals surface area contributed by atoms with Crippen LogP contribution in [0, 0.1) is 11.7 Å². The van der Waals surface area contributed by atoms with Crippen LogP contribution in [0.4, 0.5) is 31.0 Å². The summed E-state index contributed by atoms with van der Waals surface area (Å²) in [5, 5.41) is 20.3. The van der Waals surface area contributed by atoms with Crippen LogP contribution in [0.25, 0.3) is 10.8 Å². The van der Waals surface area contributed by atoms with E-state index >= 15 is 0 Å². The molecule has 4 N–H and O–H groups in total. The number of nitrogens with zero attached hydrogens (tertiary/aromatic N) is 2. The van der Waals surface area contributed by atoms with Crippen LogP contribution in [0.5, 0.6) is 5.75 Å². The third-order valence-corrected chi connectivity index (χ3v) is 7.87. The van der Waals surface area contributed by atoms with Gasteiger partial charge in [-0.3, -0.25) is 4.79 Å². The van der Waals surface area contributed by atoms with E-state index in [1.165, 1.54) is 29.2 Å². The molecule has 0 unspecified atom stereocenters. The number of para-hydroxylation sites is 1. The molecule has 4 aromatic rings. The standard InChI is InChI=1S/C34H36FN5O5/c1-21-18-40(22(2)20-41)32(42)27-11-7-13-29(38-33(43)37-28-12-6-9-23-8-4-5-10-26(23)28)31(27)45-30(21)19-39(3)34(44)36-25-16-14-24(35)15-17-25/h4-17,21-22,30,41H,18-20H2,1-3H3,(H,36,44)(H2,37,38,43)/t21-,22-,30+/m0/s1. The Labute approximate surface area is 260 Å². The number of aliphatic hydroxyl groups excluding tert-OH is 1. The van der Waals surface area contributed by atoms with Crippen LogP contribution in [0.3, 0.4) is 0 Å². The van der Waals surface area contributed by atoms with Gasteiger partial charge < -0.3 is 35.6 Å². The number of carbonyl (C=O) groups excluding carboxylic acids is 3. The number of benzene rings is 4. The highest BCUT2D eigenvalue weighted by molar-refractivity contribution is 6.08. The Morgan fingerprint density at radius 1 is 0.978 bits per heavy atom. The number of likely N-dealkylation sites (N-methyl/N-ethyl adjacent to an activating group) is 1.